The van der Waals surface area contributed by atoms with Crippen LogP contribution in [0.15, 0.2) is 0 Å². The summed E-state index contributed by atoms with van der Waals surface area (Å²) in [6.45, 7) is 6.39. The molecule has 43 nitrogen and oxygen atoms in total. The number of carbonyl (C=O) groups excluding carboxylic acids is 9. The number of ether oxygens (including phenoxy) is 15. The van der Waals surface area contributed by atoms with Gasteiger partial charge in [0.1, 0.15) is 99.1 Å². The van der Waals surface area contributed by atoms with E-state index < -0.39 is 184 Å². The standard InChI is InChI=1S/C83H153N9O34/c1-6-7-8-9-10-11-12-13-14-15-16-17-18-28-66(100)84-29-22-19-25-60(56(2)96)91-80(111)62(27-21-24-31-86-68(102)54-119-42-39-113-33-36-116-45-48-122-82-71(88-58(4)98)77(108)74(105)64(51-94)125-82)92-79(110)61(90-69(103)55-120-43-40-114-34-37-117-46-49-123-83-72(89-59(5)99)78(109)75(106)65(52-95)126-83)26-20-23-30-85-67(101)53-118-41-38-112-32-35-115-44-47-121-81-70(87-57(3)97)76(107)73(104)63(50-93)124-81/h60-65,70-79,81-83,92-95,104-110H,6-55H2,1-5H3,(H,84,100)(H,85,101)(H,86,102)(H,87,97)(H,88,98)(H,89,99)(H,90,103)(H,91,111)/t60?,61-,62-,63+,64+,65+,70+,71+,72+,73-,74-,75-,76+,77+,78+,79-,81+,82+,83+/m0/s1. The molecule has 0 aromatic heterocycles. The van der Waals surface area contributed by atoms with E-state index in [0.29, 0.717) is 51.5 Å². The smallest absolute Gasteiger partial charge is 0.246 e. The van der Waals surface area contributed by atoms with E-state index in [0.717, 1.165) is 25.7 Å². The minimum absolute atomic E-state index is 0.0250. The summed E-state index contributed by atoms with van der Waals surface area (Å²) in [5.74, 6) is -3.98. The van der Waals surface area contributed by atoms with Crippen LogP contribution < -0.4 is 47.9 Å². The van der Waals surface area contributed by atoms with E-state index in [-0.39, 0.29) is 176 Å². The summed E-state index contributed by atoms with van der Waals surface area (Å²) in [6, 6.07) is -6.48. The number of amides is 8. The van der Waals surface area contributed by atoms with Gasteiger partial charge >= 0.3 is 0 Å². The van der Waals surface area contributed by atoms with Gasteiger partial charge in [0.25, 0.3) is 0 Å². The maximum Gasteiger partial charge on any atom is 0.246 e. The number of ketones is 1. The Balaban J connectivity index is 1.58. The van der Waals surface area contributed by atoms with Crippen LogP contribution in [0.25, 0.3) is 0 Å². The van der Waals surface area contributed by atoms with Crippen LogP contribution in [0.4, 0.5) is 0 Å². The highest BCUT2D eigenvalue weighted by Gasteiger charge is 2.48. The van der Waals surface area contributed by atoms with Gasteiger partial charge in [0.15, 0.2) is 24.7 Å². The van der Waals surface area contributed by atoms with Crippen molar-refractivity contribution < 1.29 is 165 Å². The van der Waals surface area contributed by atoms with Crippen LogP contribution >= 0.6 is 0 Å². The first-order valence-electron chi connectivity index (χ1n) is 44.8. The zero-order chi connectivity index (χ0) is 92.5. The van der Waals surface area contributed by atoms with Gasteiger partial charge in [-0.05, 0) is 71.1 Å². The molecule has 0 aliphatic carbocycles. The van der Waals surface area contributed by atoms with E-state index >= 15 is 0 Å². The quantitative estimate of drug-likeness (QED) is 0.0205. The van der Waals surface area contributed by atoms with Crippen LogP contribution in [0.5, 0.6) is 0 Å². The number of hydrogen-bond donors (Lipinski definition) is 19. The highest BCUT2D eigenvalue weighted by Crippen LogP contribution is 2.26. The van der Waals surface area contributed by atoms with E-state index in [9.17, 15) is 94.2 Å². The van der Waals surface area contributed by atoms with E-state index in [1.54, 1.807) is 0 Å². The fourth-order valence-electron chi connectivity index (χ4n) is 13.8. The molecular formula is C83H153N9O34. The Kier molecular flexibility index (Phi) is 65.5. The van der Waals surface area contributed by atoms with Gasteiger partial charge in [0, 0.05) is 46.8 Å². The van der Waals surface area contributed by atoms with Crippen molar-refractivity contribution in [1.29, 1.82) is 0 Å². The lowest BCUT2D eigenvalue weighted by atomic mass is 9.97. The monoisotopic (exact) mass is 1820 g/mol. The molecular weight excluding hydrogens is 1670 g/mol. The molecule has 43 heteroatoms. The molecule has 734 valence electrons. The lowest BCUT2D eigenvalue weighted by molar-refractivity contribution is -0.272. The van der Waals surface area contributed by atoms with Crippen LogP contribution in [0.2, 0.25) is 0 Å². The lowest BCUT2D eigenvalue weighted by Crippen LogP contribution is -2.64. The average molecular weight is 1820 g/mol. The summed E-state index contributed by atoms with van der Waals surface area (Å²) >= 11 is 0. The summed E-state index contributed by atoms with van der Waals surface area (Å²) in [5, 5.41) is 128. The Morgan fingerprint density at radius 1 is 0.333 bits per heavy atom. The Labute approximate surface area is 740 Å². The van der Waals surface area contributed by atoms with E-state index in [2.05, 4.69) is 54.8 Å². The summed E-state index contributed by atoms with van der Waals surface area (Å²) in [6.07, 6.45) is 1.45. The van der Waals surface area contributed by atoms with Gasteiger partial charge in [0.2, 0.25) is 47.3 Å². The van der Waals surface area contributed by atoms with E-state index in [1.807, 2.05) is 0 Å². The molecule has 0 saturated carbocycles. The number of Topliss-reactive ketones (excluding diaryl/α,β-unsaturated/α-hetero) is 1. The first-order chi connectivity index (χ1) is 60.8. The Morgan fingerprint density at radius 2 is 0.635 bits per heavy atom. The van der Waals surface area contributed by atoms with Crippen molar-refractivity contribution in [3.63, 3.8) is 0 Å². The molecule has 0 bridgehead atoms. The molecule has 3 heterocycles. The fourth-order valence-corrected chi connectivity index (χ4v) is 13.8. The first-order valence-corrected chi connectivity index (χ1v) is 44.8. The largest absolute Gasteiger partial charge is 0.394 e. The lowest BCUT2D eigenvalue weighted by Gasteiger charge is -2.42. The molecule has 3 rings (SSSR count). The molecule has 0 aromatic rings. The van der Waals surface area contributed by atoms with Gasteiger partial charge in [0.05, 0.1) is 157 Å². The number of aliphatic hydroxyl groups is 10. The van der Waals surface area contributed by atoms with Crippen molar-refractivity contribution in [1.82, 2.24) is 47.9 Å². The molecule has 3 aliphatic rings. The number of hydrogen-bond acceptors (Lipinski definition) is 35. The molecule has 0 spiro atoms. The van der Waals surface area contributed by atoms with Crippen molar-refractivity contribution in [2.75, 3.05) is 178 Å². The van der Waals surface area contributed by atoms with Gasteiger partial charge in [-0.2, -0.15) is 0 Å². The third-order valence-electron chi connectivity index (χ3n) is 20.7. The van der Waals surface area contributed by atoms with Crippen molar-refractivity contribution in [2.45, 2.75) is 299 Å². The van der Waals surface area contributed by atoms with Gasteiger partial charge < -0.3 is 165 Å². The number of unbranched alkanes of at least 4 members (excludes halogenated alkanes) is 15. The third kappa shape index (κ3) is 51.8. The molecule has 3 saturated heterocycles. The van der Waals surface area contributed by atoms with Crippen molar-refractivity contribution in [3.05, 3.63) is 0 Å². The predicted octanol–water partition coefficient (Wildman–Crippen LogP) is -3.81. The minimum atomic E-state index is -1.59. The number of nitrogens with one attached hydrogen (secondary N) is 9. The normalized spacial score (nSPS) is 23.4. The van der Waals surface area contributed by atoms with Crippen LogP contribution in [0, 0.1) is 0 Å². The van der Waals surface area contributed by atoms with Gasteiger partial charge in [-0.1, -0.05) is 84.0 Å². The molecule has 126 heavy (non-hydrogen) atoms. The highest BCUT2D eigenvalue weighted by molar-refractivity contribution is 5.89. The van der Waals surface area contributed by atoms with Gasteiger partial charge in [-0.3, -0.25) is 48.5 Å². The first kappa shape index (κ1) is 115. The van der Waals surface area contributed by atoms with Crippen LogP contribution in [-0.2, 0) is 114 Å². The van der Waals surface area contributed by atoms with E-state index in [4.69, 9.17) is 71.1 Å². The molecule has 19 atom stereocenters. The van der Waals surface area contributed by atoms with Crippen LogP contribution in [-0.4, -0.2) is 399 Å². The topological polar surface area (TPSA) is 603 Å². The second kappa shape index (κ2) is 72.1. The number of aliphatic hydroxyl groups excluding tert-OH is 10. The second-order valence-corrected chi connectivity index (χ2v) is 31.3. The fraction of sp³-hybridized carbons (Fsp3) is 0.892. The minimum Gasteiger partial charge on any atom is -0.394 e. The Morgan fingerprint density at radius 3 is 0.968 bits per heavy atom. The van der Waals surface area contributed by atoms with Gasteiger partial charge in [-0.25, -0.2) is 0 Å². The zero-order valence-corrected chi connectivity index (χ0v) is 74.6. The van der Waals surface area contributed by atoms with E-state index in [1.165, 1.54) is 85.5 Å². The molecule has 19 N–H and O–H groups in total. The number of carbonyl (C=O) groups is 9. The summed E-state index contributed by atoms with van der Waals surface area (Å²) in [4.78, 5) is 115. The van der Waals surface area contributed by atoms with Crippen LogP contribution in [0.3, 0.4) is 0 Å². The number of rotatable bonds is 78. The molecule has 8 amide bonds. The van der Waals surface area contributed by atoms with Gasteiger partial charge in [-0.15, -0.1) is 0 Å². The molecule has 3 fully saturated rings. The van der Waals surface area contributed by atoms with Crippen molar-refractivity contribution in [2.24, 2.45) is 0 Å². The average Bonchev–Trinajstić information content (AvgIpc) is 0.817. The third-order valence-corrected chi connectivity index (χ3v) is 20.7. The molecule has 1 unspecified atom stereocenters. The maximum atomic E-state index is 14.5. The second-order valence-electron chi connectivity index (χ2n) is 31.3. The van der Waals surface area contributed by atoms with Crippen molar-refractivity contribution >= 4 is 53.0 Å². The summed E-state index contributed by atoms with van der Waals surface area (Å²) in [5.41, 5.74) is 0. The molecule has 0 radical (unpaired) electrons. The zero-order valence-electron chi connectivity index (χ0n) is 74.6. The van der Waals surface area contributed by atoms with Crippen molar-refractivity contribution in [3.8, 4) is 0 Å². The predicted molar refractivity (Wildman–Crippen MR) is 450 cm³/mol. The summed E-state index contributed by atoms with van der Waals surface area (Å²) in [7, 11) is 0. The highest BCUT2D eigenvalue weighted by atomic mass is 16.7. The Hall–Kier alpha value is -5.61. The SMILES string of the molecule is CCCCCCCCCCCCCCCC(=O)NCCCCC(NC(=O)[C@H](CCCCNC(=O)COCCOCCOCCO[C@@H]1O[C@H](CO)[C@H](O)[C@H](O)[C@H]1NC(C)=O)N[C@@H](O)[C@H](CCCCNC(=O)COCCOCCOCCO[C@@H]1O[C@H](CO)[C@H](O)[C@H](O)[C@H]1NC(C)=O)NC(=O)COCCOCCOCCO[C@@H]1O[C@H](CO)[C@H](O)[C@H](O)[C@H]1NC(C)=O)C(C)=O. The summed E-state index contributed by atoms with van der Waals surface area (Å²) < 4.78 is 83.4. The maximum absolute atomic E-state index is 14.5. The molecule has 3 aliphatic heterocycles. The molecule has 0 aromatic carbocycles. The Bertz CT molecular complexity index is 2900. The van der Waals surface area contributed by atoms with Crippen LogP contribution in [0.1, 0.15) is 182 Å².